The molecule has 6 nitrogen and oxygen atoms in total. The Kier molecular flexibility index (Phi) is 5.54. The van der Waals surface area contributed by atoms with Gasteiger partial charge in [0.05, 0.1) is 24.7 Å². The predicted octanol–water partition coefficient (Wildman–Crippen LogP) is 3.82. The van der Waals surface area contributed by atoms with Crippen molar-refractivity contribution in [2.75, 3.05) is 0 Å². The second-order valence-electron chi connectivity index (χ2n) is 7.54. The number of halogens is 3. The smallest absolute Gasteiger partial charge is 0.349 e. The van der Waals surface area contributed by atoms with E-state index in [1.54, 1.807) is 13.1 Å². The van der Waals surface area contributed by atoms with Crippen molar-refractivity contribution in [2.24, 2.45) is 5.92 Å². The van der Waals surface area contributed by atoms with E-state index in [-0.39, 0.29) is 24.4 Å². The number of nitrogens with zero attached hydrogens (tertiary/aromatic N) is 4. The molecule has 1 N–H and O–H groups in total. The van der Waals surface area contributed by atoms with Crippen LogP contribution in [-0.4, -0.2) is 25.5 Å². The molecule has 1 aliphatic rings. The Morgan fingerprint density at radius 2 is 2.00 bits per heavy atom. The molecule has 0 aliphatic heterocycles. The van der Waals surface area contributed by atoms with E-state index in [0.717, 1.165) is 36.7 Å². The van der Waals surface area contributed by atoms with Gasteiger partial charge in [-0.25, -0.2) is 0 Å². The summed E-state index contributed by atoms with van der Waals surface area (Å²) in [6.45, 7) is 8.38. The molecule has 1 fully saturated rings. The Balaban J connectivity index is 1.69. The average Bonchev–Trinajstić information content (AvgIpc) is 3.25. The highest BCUT2D eigenvalue weighted by molar-refractivity contribution is 5.78. The first kappa shape index (κ1) is 20.4. The lowest BCUT2D eigenvalue weighted by atomic mass is 10.1. The van der Waals surface area contributed by atoms with Crippen LogP contribution < -0.4 is 5.32 Å². The topological polar surface area (TPSA) is 64.7 Å². The fourth-order valence-electron chi connectivity index (χ4n) is 3.40. The minimum absolute atomic E-state index is 0.111. The molecule has 0 aromatic carbocycles. The van der Waals surface area contributed by atoms with Crippen molar-refractivity contribution in [1.82, 2.24) is 24.9 Å². The van der Waals surface area contributed by atoms with Crippen molar-refractivity contribution < 1.29 is 18.0 Å². The van der Waals surface area contributed by atoms with Gasteiger partial charge in [0.15, 0.2) is 5.69 Å². The molecule has 0 spiro atoms. The Labute approximate surface area is 162 Å². The van der Waals surface area contributed by atoms with E-state index in [2.05, 4.69) is 15.5 Å². The van der Waals surface area contributed by atoms with Gasteiger partial charge in [0.1, 0.15) is 0 Å². The van der Waals surface area contributed by atoms with E-state index in [1.807, 2.05) is 25.5 Å². The maximum Gasteiger partial charge on any atom is 0.435 e. The van der Waals surface area contributed by atoms with E-state index in [9.17, 15) is 18.0 Å². The summed E-state index contributed by atoms with van der Waals surface area (Å²) in [6.07, 6.45) is -1.02. The molecular weight excluding hydrogens is 371 g/mol. The zero-order chi connectivity index (χ0) is 20.6. The molecule has 0 saturated heterocycles. The number of carbonyl (C=O) groups is 1. The lowest BCUT2D eigenvalue weighted by Crippen LogP contribution is -2.34. The first-order chi connectivity index (χ1) is 13.1. The first-order valence-corrected chi connectivity index (χ1v) is 9.59. The minimum Gasteiger partial charge on any atom is -0.349 e. The third-order valence-electron chi connectivity index (χ3n) is 5.26. The van der Waals surface area contributed by atoms with Gasteiger partial charge in [0, 0.05) is 29.4 Å². The van der Waals surface area contributed by atoms with Crippen molar-refractivity contribution in [3.8, 4) is 0 Å². The fourth-order valence-corrected chi connectivity index (χ4v) is 3.40. The number of carbonyl (C=O) groups excluding carboxylic acids is 1. The SMILES string of the molecule is CCn1ncc(C(C)NC(=O)C(C)Cn2nc(C(F)(F)F)cc2C2CC2)c1C. The molecule has 2 unspecified atom stereocenters. The number of amides is 1. The zero-order valence-corrected chi connectivity index (χ0v) is 16.5. The molecular formula is C19H26F3N5O. The third-order valence-corrected chi connectivity index (χ3v) is 5.26. The molecule has 3 rings (SSSR count). The Morgan fingerprint density at radius 3 is 2.54 bits per heavy atom. The van der Waals surface area contributed by atoms with Gasteiger partial charge in [0.2, 0.25) is 5.91 Å². The third kappa shape index (κ3) is 4.23. The van der Waals surface area contributed by atoms with E-state index in [1.165, 1.54) is 4.68 Å². The Bertz CT molecular complexity index is 850. The summed E-state index contributed by atoms with van der Waals surface area (Å²) in [5.74, 6) is -0.621. The van der Waals surface area contributed by atoms with Crippen molar-refractivity contribution in [2.45, 2.75) is 71.8 Å². The molecule has 2 aromatic heterocycles. The van der Waals surface area contributed by atoms with Gasteiger partial charge < -0.3 is 5.32 Å². The summed E-state index contributed by atoms with van der Waals surface area (Å²) in [4.78, 5) is 12.6. The zero-order valence-electron chi connectivity index (χ0n) is 16.5. The number of aryl methyl sites for hydroxylation is 1. The summed E-state index contributed by atoms with van der Waals surface area (Å²) in [7, 11) is 0. The molecule has 0 radical (unpaired) electrons. The van der Waals surface area contributed by atoms with E-state index < -0.39 is 17.8 Å². The average molecular weight is 397 g/mol. The molecule has 1 amide bonds. The molecule has 28 heavy (non-hydrogen) atoms. The summed E-state index contributed by atoms with van der Waals surface area (Å²) in [6, 6.07) is 0.884. The van der Waals surface area contributed by atoms with Gasteiger partial charge in [-0.2, -0.15) is 23.4 Å². The van der Waals surface area contributed by atoms with Crippen LogP contribution in [0.15, 0.2) is 12.3 Å². The number of rotatable bonds is 7. The van der Waals surface area contributed by atoms with Crippen molar-refractivity contribution >= 4 is 5.91 Å². The van der Waals surface area contributed by atoms with Crippen LogP contribution in [0, 0.1) is 12.8 Å². The molecule has 2 aromatic rings. The minimum atomic E-state index is -4.48. The number of hydrogen-bond donors (Lipinski definition) is 1. The lowest BCUT2D eigenvalue weighted by molar-refractivity contribution is -0.141. The van der Waals surface area contributed by atoms with Crippen LogP contribution in [0.2, 0.25) is 0 Å². The van der Waals surface area contributed by atoms with Crippen LogP contribution in [0.3, 0.4) is 0 Å². The van der Waals surface area contributed by atoms with Crippen molar-refractivity contribution in [3.63, 3.8) is 0 Å². The Hall–Kier alpha value is -2.32. The number of aromatic nitrogens is 4. The van der Waals surface area contributed by atoms with Crippen molar-refractivity contribution in [3.05, 3.63) is 34.9 Å². The van der Waals surface area contributed by atoms with Gasteiger partial charge in [0.25, 0.3) is 0 Å². The maximum absolute atomic E-state index is 13.0. The molecule has 2 heterocycles. The highest BCUT2D eigenvalue weighted by atomic mass is 19.4. The second-order valence-corrected chi connectivity index (χ2v) is 7.54. The van der Waals surface area contributed by atoms with Crippen LogP contribution in [0.1, 0.15) is 68.2 Å². The monoisotopic (exact) mass is 397 g/mol. The van der Waals surface area contributed by atoms with E-state index in [4.69, 9.17) is 0 Å². The number of hydrogen-bond acceptors (Lipinski definition) is 3. The molecule has 154 valence electrons. The normalized spacial score (nSPS) is 16.8. The van der Waals surface area contributed by atoms with Gasteiger partial charge in [-0.15, -0.1) is 0 Å². The standard InChI is InChI=1S/C19H26F3N5O/c1-5-26-13(4)15(9-23-26)12(3)24-18(28)11(2)10-27-16(14-6-7-14)8-17(25-27)19(20,21)22/h8-9,11-12,14H,5-7,10H2,1-4H3,(H,24,28). The molecule has 0 bridgehead atoms. The Morgan fingerprint density at radius 1 is 1.32 bits per heavy atom. The second kappa shape index (κ2) is 7.60. The molecule has 1 aliphatic carbocycles. The highest BCUT2D eigenvalue weighted by Crippen LogP contribution is 2.42. The van der Waals surface area contributed by atoms with Crippen LogP contribution in [0.25, 0.3) is 0 Å². The summed E-state index contributed by atoms with van der Waals surface area (Å²) >= 11 is 0. The van der Waals surface area contributed by atoms with Crippen LogP contribution in [0.5, 0.6) is 0 Å². The highest BCUT2D eigenvalue weighted by Gasteiger charge is 2.38. The lowest BCUT2D eigenvalue weighted by Gasteiger charge is -2.18. The van der Waals surface area contributed by atoms with E-state index in [0.29, 0.717) is 5.69 Å². The van der Waals surface area contributed by atoms with Gasteiger partial charge in [-0.1, -0.05) is 6.92 Å². The van der Waals surface area contributed by atoms with Gasteiger partial charge in [-0.05, 0) is 39.7 Å². The van der Waals surface area contributed by atoms with Gasteiger partial charge in [-0.3, -0.25) is 14.2 Å². The maximum atomic E-state index is 13.0. The number of alkyl halides is 3. The van der Waals surface area contributed by atoms with Crippen LogP contribution in [-0.2, 0) is 24.1 Å². The summed E-state index contributed by atoms with van der Waals surface area (Å²) < 4.78 is 42.3. The van der Waals surface area contributed by atoms with Crippen molar-refractivity contribution in [1.29, 1.82) is 0 Å². The first-order valence-electron chi connectivity index (χ1n) is 9.59. The van der Waals surface area contributed by atoms with Crippen LogP contribution in [0.4, 0.5) is 13.2 Å². The molecule has 2 atom stereocenters. The molecule has 1 saturated carbocycles. The largest absolute Gasteiger partial charge is 0.435 e. The van der Waals surface area contributed by atoms with Crippen LogP contribution >= 0.6 is 0 Å². The fraction of sp³-hybridized carbons (Fsp3) is 0.632. The predicted molar refractivity (Wildman–Crippen MR) is 97.6 cm³/mol. The van der Waals surface area contributed by atoms with E-state index >= 15 is 0 Å². The van der Waals surface area contributed by atoms with Gasteiger partial charge >= 0.3 is 6.18 Å². The quantitative estimate of drug-likeness (QED) is 0.773. The summed E-state index contributed by atoms with van der Waals surface area (Å²) in [5.41, 5.74) is 1.60. The summed E-state index contributed by atoms with van der Waals surface area (Å²) in [5, 5.41) is 11.0. The number of nitrogens with one attached hydrogen (secondary N) is 1. The molecule has 9 heteroatoms.